The summed E-state index contributed by atoms with van der Waals surface area (Å²) >= 11 is 0. The molecule has 0 bridgehead atoms. The molecule has 0 heterocycles. The van der Waals surface area contributed by atoms with Gasteiger partial charge in [0.2, 0.25) is 5.91 Å². The summed E-state index contributed by atoms with van der Waals surface area (Å²) in [5, 5.41) is 13.0. The van der Waals surface area contributed by atoms with Crippen molar-refractivity contribution < 1.29 is 14.6 Å². The van der Waals surface area contributed by atoms with E-state index in [1.807, 2.05) is 13.8 Å². The number of ether oxygens (including phenoxy) is 1. The second-order valence-corrected chi connectivity index (χ2v) is 5.23. The molecule has 1 aliphatic rings. The first-order valence-electron chi connectivity index (χ1n) is 6.62. The molecule has 17 heavy (non-hydrogen) atoms. The summed E-state index contributed by atoms with van der Waals surface area (Å²) in [4.78, 5) is 11.5. The Bertz CT molecular complexity index is 235. The van der Waals surface area contributed by atoms with Crippen molar-refractivity contribution >= 4 is 5.91 Å². The van der Waals surface area contributed by atoms with Gasteiger partial charge in [-0.3, -0.25) is 4.79 Å². The number of rotatable bonds is 6. The van der Waals surface area contributed by atoms with Crippen LogP contribution in [-0.4, -0.2) is 35.9 Å². The van der Waals surface area contributed by atoms with Crippen LogP contribution in [0.5, 0.6) is 0 Å². The lowest BCUT2D eigenvalue weighted by atomic mass is 9.85. The minimum absolute atomic E-state index is 0.0374. The molecule has 0 unspecified atom stereocenters. The molecule has 100 valence electrons. The zero-order valence-electron chi connectivity index (χ0n) is 11.0. The number of carbonyl (C=O) groups excluding carboxylic acids is 1. The minimum Gasteiger partial charge on any atom is -0.388 e. The number of hydrogen-bond acceptors (Lipinski definition) is 3. The molecule has 2 N–H and O–H groups in total. The highest BCUT2D eigenvalue weighted by molar-refractivity contribution is 5.76. The van der Waals surface area contributed by atoms with Crippen molar-refractivity contribution in [1.82, 2.24) is 5.32 Å². The van der Waals surface area contributed by atoms with E-state index in [2.05, 4.69) is 5.32 Å². The Morgan fingerprint density at radius 2 is 2.00 bits per heavy atom. The second-order valence-electron chi connectivity index (χ2n) is 5.23. The van der Waals surface area contributed by atoms with Gasteiger partial charge in [0.15, 0.2) is 0 Å². The molecule has 0 aromatic heterocycles. The van der Waals surface area contributed by atoms with E-state index in [0.717, 1.165) is 25.7 Å². The van der Waals surface area contributed by atoms with E-state index < -0.39 is 5.60 Å². The van der Waals surface area contributed by atoms with Crippen molar-refractivity contribution in [2.45, 2.75) is 64.1 Å². The molecule has 1 fully saturated rings. The number of amides is 1. The van der Waals surface area contributed by atoms with Gasteiger partial charge in [0.05, 0.1) is 18.3 Å². The van der Waals surface area contributed by atoms with Crippen LogP contribution in [0.15, 0.2) is 0 Å². The van der Waals surface area contributed by atoms with Crippen LogP contribution in [0.1, 0.15) is 52.4 Å². The lowest BCUT2D eigenvalue weighted by Crippen LogP contribution is -2.44. The van der Waals surface area contributed by atoms with Gasteiger partial charge in [0.1, 0.15) is 0 Å². The van der Waals surface area contributed by atoms with Crippen LogP contribution < -0.4 is 5.32 Å². The second kappa shape index (κ2) is 6.97. The molecule has 0 aliphatic heterocycles. The monoisotopic (exact) mass is 243 g/mol. The maximum atomic E-state index is 11.5. The van der Waals surface area contributed by atoms with E-state index in [4.69, 9.17) is 4.74 Å². The Labute approximate surface area is 104 Å². The van der Waals surface area contributed by atoms with Gasteiger partial charge in [0.25, 0.3) is 0 Å². The molecular formula is C13H25NO3. The zero-order valence-corrected chi connectivity index (χ0v) is 11.0. The molecule has 4 nitrogen and oxygen atoms in total. The van der Waals surface area contributed by atoms with Crippen molar-refractivity contribution in [3.05, 3.63) is 0 Å². The smallest absolute Gasteiger partial charge is 0.222 e. The normalized spacial score (nSPS) is 19.3. The van der Waals surface area contributed by atoms with Crippen LogP contribution in [-0.2, 0) is 9.53 Å². The molecule has 1 amide bonds. The van der Waals surface area contributed by atoms with Crippen molar-refractivity contribution in [2.75, 3.05) is 13.2 Å². The summed E-state index contributed by atoms with van der Waals surface area (Å²) in [7, 11) is 0. The highest BCUT2D eigenvalue weighted by Gasteiger charge is 2.29. The van der Waals surface area contributed by atoms with Crippen LogP contribution in [0.2, 0.25) is 0 Å². The minimum atomic E-state index is -0.674. The average Bonchev–Trinajstić information content (AvgIpc) is 2.27. The van der Waals surface area contributed by atoms with Crippen LogP contribution in [0, 0.1) is 0 Å². The van der Waals surface area contributed by atoms with E-state index in [1.165, 1.54) is 6.42 Å². The molecule has 1 aliphatic carbocycles. The van der Waals surface area contributed by atoms with Gasteiger partial charge in [-0.1, -0.05) is 19.3 Å². The third-order valence-electron chi connectivity index (χ3n) is 3.18. The Balaban J connectivity index is 2.14. The fourth-order valence-corrected chi connectivity index (χ4v) is 2.13. The Kier molecular flexibility index (Phi) is 5.92. The molecule has 0 aromatic rings. The van der Waals surface area contributed by atoms with E-state index >= 15 is 0 Å². The fourth-order valence-electron chi connectivity index (χ4n) is 2.13. The van der Waals surface area contributed by atoms with Crippen LogP contribution in [0.25, 0.3) is 0 Å². The Morgan fingerprint density at radius 1 is 1.35 bits per heavy atom. The van der Waals surface area contributed by atoms with E-state index in [1.54, 1.807) is 0 Å². The Hall–Kier alpha value is -0.610. The summed E-state index contributed by atoms with van der Waals surface area (Å²) in [6, 6.07) is 0. The van der Waals surface area contributed by atoms with Gasteiger partial charge in [-0.25, -0.2) is 0 Å². The number of carbonyl (C=O) groups is 1. The molecule has 0 saturated heterocycles. The average molecular weight is 243 g/mol. The van der Waals surface area contributed by atoms with E-state index in [-0.39, 0.29) is 12.0 Å². The largest absolute Gasteiger partial charge is 0.388 e. The van der Waals surface area contributed by atoms with E-state index in [0.29, 0.717) is 19.6 Å². The van der Waals surface area contributed by atoms with Crippen LogP contribution in [0.3, 0.4) is 0 Å². The molecule has 4 heteroatoms. The summed E-state index contributed by atoms with van der Waals surface area (Å²) in [6.45, 7) is 4.72. The van der Waals surface area contributed by atoms with Gasteiger partial charge in [-0.2, -0.15) is 0 Å². The lowest BCUT2D eigenvalue weighted by molar-refractivity contribution is -0.124. The predicted octanol–water partition coefficient (Wildman–Crippen LogP) is 1.61. The first-order chi connectivity index (χ1) is 8.02. The third-order valence-corrected chi connectivity index (χ3v) is 3.18. The maximum Gasteiger partial charge on any atom is 0.222 e. The quantitative estimate of drug-likeness (QED) is 0.745. The molecule has 0 radical (unpaired) electrons. The van der Waals surface area contributed by atoms with Crippen molar-refractivity contribution in [2.24, 2.45) is 0 Å². The SMILES string of the molecule is CC(C)OCCC(=O)NCC1(O)CCCCC1. The summed E-state index contributed by atoms with van der Waals surface area (Å²) in [6.07, 6.45) is 5.44. The van der Waals surface area contributed by atoms with E-state index in [9.17, 15) is 9.90 Å². The molecule has 0 atom stereocenters. The lowest BCUT2D eigenvalue weighted by Gasteiger charge is -2.32. The van der Waals surface area contributed by atoms with Crippen LogP contribution in [0.4, 0.5) is 0 Å². The highest BCUT2D eigenvalue weighted by atomic mass is 16.5. The summed E-state index contributed by atoms with van der Waals surface area (Å²) in [5.41, 5.74) is -0.674. The topological polar surface area (TPSA) is 58.6 Å². The number of nitrogens with one attached hydrogen (secondary N) is 1. The van der Waals surface area contributed by atoms with Gasteiger partial charge in [0, 0.05) is 13.0 Å². The maximum absolute atomic E-state index is 11.5. The van der Waals surface area contributed by atoms with Crippen LogP contribution >= 0.6 is 0 Å². The third kappa shape index (κ3) is 6.03. The summed E-state index contributed by atoms with van der Waals surface area (Å²) < 4.78 is 5.31. The molecule has 0 spiro atoms. The number of hydrogen-bond donors (Lipinski definition) is 2. The van der Waals surface area contributed by atoms with Gasteiger partial charge in [-0.15, -0.1) is 0 Å². The first kappa shape index (κ1) is 14.5. The zero-order chi connectivity index (χ0) is 12.7. The van der Waals surface area contributed by atoms with Gasteiger partial charge < -0.3 is 15.2 Å². The predicted molar refractivity (Wildman–Crippen MR) is 66.7 cm³/mol. The Morgan fingerprint density at radius 3 is 2.59 bits per heavy atom. The van der Waals surface area contributed by atoms with Gasteiger partial charge in [-0.05, 0) is 26.7 Å². The fraction of sp³-hybridized carbons (Fsp3) is 0.923. The summed E-state index contributed by atoms with van der Waals surface area (Å²) in [5.74, 6) is -0.0374. The van der Waals surface area contributed by atoms with Gasteiger partial charge >= 0.3 is 0 Å². The molecule has 0 aromatic carbocycles. The first-order valence-corrected chi connectivity index (χ1v) is 6.62. The standard InChI is InChI=1S/C13H25NO3/c1-11(2)17-9-6-12(15)14-10-13(16)7-4-3-5-8-13/h11,16H,3-10H2,1-2H3,(H,14,15). The molecular weight excluding hydrogens is 218 g/mol. The highest BCUT2D eigenvalue weighted by Crippen LogP contribution is 2.27. The molecule has 1 saturated carbocycles. The molecule has 1 rings (SSSR count). The van der Waals surface area contributed by atoms with Crippen molar-refractivity contribution in [3.8, 4) is 0 Å². The number of aliphatic hydroxyl groups is 1. The van der Waals surface area contributed by atoms with Crippen molar-refractivity contribution in [3.63, 3.8) is 0 Å². The van der Waals surface area contributed by atoms with Crippen molar-refractivity contribution in [1.29, 1.82) is 0 Å².